The van der Waals surface area contributed by atoms with E-state index in [2.05, 4.69) is 19.2 Å². The van der Waals surface area contributed by atoms with Crippen LogP contribution in [0.25, 0.3) is 0 Å². The summed E-state index contributed by atoms with van der Waals surface area (Å²) in [4.78, 5) is 11.1. The first-order valence-corrected chi connectivity index (χ1v) is 6.82. The number of aromatic carboxylic acids is 1. The lowest BCUT2D eigenvalue weighted by molar-refractivity contribution is -0.137. The molecule has 0 spiro atoms. The van der Waals surface area contributed by atoms with Crippen LogP contribution >= 0.6 is 0 Å². The lowest BCUT2D eigenvalue weighted by Gasteiger charge is -2.19. The van der Waals surface area contributed by atoms with Crippen LogP contribution in [0.1, 0.15) is 49.5 Å². The van der Waals surface area contributed by atoms with E-state index in [4.69, 9.17) is 5.11 Å². The van der Waals surface area contributed by atoms with Crippen LogP contribution < -0.4 is 5.32 Å². The maximum absolute atomic E-state index is 12.6. The molecule has 2 N–H and O–H groups in total. The molecule has 0 aliphatic rings. The molecule has 0 aromatic heterocycles. The number of benzene rings is 1. The van der Waals surface area contributed by atoms with Gasteiger partial charge in [-0.15, -0.1) is 0 Å². The number of alkyl halides is 3. The molecule has 1 atom stereocenters. The zero-order valence-corrected chi connectivity index (χ0v) is 12.3. The van der Waals surface area contributed by atoms with Crippen LogP contribution in [-0.4, -0.2) is 17.1 Å². The second kappa shape index (κ2) is 6.83. The number of rotatable bonds is 6. The molecule has 0 radical (unpaired) electrons. The number of hydrogen-bond donors (Lipinski definition) is 2. The van der Waals surface area contributed by atoms with Gasteiger partial charge in [-0.2, -0.15) is 13.2 Å². The number of carboxylic acid groups (broad SMARTS) is 1. The Morgan fingerprint density at radius 3 is 2.33 bits per heavy atom. The third kappa shape index (κ3) is 5.28. The Labute approximate surface area is 122 Å². The molecule has 1 rings (SSSR count). The smallest absolute Gasteiger partial charge is 0.416 e. The van der Waals surface area contributed by atoms with Gasteiger partial charge in [-0.1, -0.05) is 13.8 Å². The highest BCUT2D eigenvalue weighted by Gasteiger charge is 2.31. The Morgan fingerprint density at radius 2 is 1.86 bits per heavy atom. The van der Waals surface area contributed by atoms with Crippen molar-refractivity contribution in [1.29, 1.82) is 0 Å². The van der Waals surface area contributed by atoms with Crippen molar-refractivity contribution in [3.8, 4) is 0 Å². The minimum Gasteiger partial charge on any atom is -0.478 e. The largest absolute Gasteiger partial charge is 0.478 e. The maximum Gasteiger partial charge on any atom is 0.416 e. The van der Waals surface area contributed by atoms with Crippen LogP contribution in [0.2, 0.25) is 0 Å². The lowest BCUT2D eigenvalue weighted by Crippen LogP contribution is -2.18. The molecule has 118 valence electrons. The van der Waals surface area contributed by atoms with E-state index in [0.717, 1.165) is 18.9 Å². The summed E-state index contributed by atoms with van der Waals surface area (Å²) < 4.78 is 37.9. The molecule has 0 saturated carbocycles. The van der Waals surface area contributed by atoms with E-state index >= 15 is 0 Å². The van der Waals surface area contributed by atoms with Gasteiger partial charge in [-0.25, -0.2) is 4.79 Å². The van der Waals surface area contributed by atoms with E-state index < -0.39 is 17.7 Å². The zero-order chi connectivity index (χ0) is 16.2. The molecule has 3 nitrogen and oxygen atoms in total. The summed E-state index contributed by atoms with van der Waals surface area (Å²) in [6.45, 7) is 6.03. The zero-order valence-electron chi connectivity index (χ0n) is 12.3. The van der Waals surface area contributed by atoms with E-state index in [9.17, 15) is 18.0 Å². The molecule has 0 aliphatic heterocycles. The molecule has 1 aromatic rings. The average molecular weight is 303 g/mol. The van der Waals surface area contributed by atoms with Crippen LogP contribution in [0.3, 0.4) is 0 Å². The predicted molar refractivity (Wildman–Crippen MR) is 75.6 cm³/mol. The molecule has 1 aromatic carbocycles. The fraction of sp³-hybridized carbons (Fsp3) is 0.533. The van der Waals surface area contributed by atoms with Gasteiger partial charge in [0.05, 0.1) is 11.1 Å². The Balaban J connectivity index is 2.94. The summed E-state index contributed by atoms with van der Waals surface area (Å²) in [5.74, 6) is -0.861. The summed E-state index contributed by atoms with van der Waals surface area (Å²) in [5, 5.41) is 12.1. The first-order chi connectivity index (χ1) is 9.61. The highest BCUT2D eigenvalue weighted by Crippen LogP contribution is 2.32. The maximum atomic E-state index is 12.6. The Hall–Kier alpha value is -1.72. The third-order valence-electron chi connectivity index (χ3n) is 3.16. The van der Waals surface area contributed by atoms with Crippen LogP contribution in [0, 0.1) is 5.92 Å². The van der Waals surface area contributed by atoms with Crippen LogP contribution in [0.4, 0.5) is 18.9 Å². The van der Waals surface area contributed by atoms with Crippen molar-refractivity contribution in [3.63, 3.8) is 0 Å². The van der Waals surface area contributed by atoms with Gasteiger partial charge in [0, 0.05) is 11.7 Å². The molecule has 0 saturated heterocycles. The van der Waals surface area contributed by atoms with Crippen molar-refractivity contribution in [2.75, 3.05) is 5.32 Å². The molecule has 0 heterocycles. The monoisotopic (exact) mass is 303 g/mol. The van der Waals surface area contributed by atoms with E-state index in [0.29, 0.717) is 12.0 Å². The Morgan fingerprint density at radius 1 is 1.24 bits per heavy atom. The average Bonchev–Trinajstić information content (AvgIpc) is 2.35. The number of nitrogens with one attached hydrogen (secondary N) is 1. The van der Waals surface area contributed by atoms with Crippen molar-refractivity contribution in [1.82, 2.24) is 0 Å². The summed E-state index contributed by atoms with van der Waals surface area (Å²) in [7, 11) is 0. The molecule has 0 bridgehead atoms. The van der Waals surface area contributed by atoms with E-state index in [-0.39, 0.29) is 17.3 Å². The second-order valence-electron chi connectivity index (χ2n) is 5.58. The molecule has 0 aliphatic carbocycles. The highest BCUT2D eigenvalue weighted by atomic mass is 19.4. The number of anilines is 1. The van der Waals surface area contributed by atoms with Gasteiger partial charge in [0.2, 0.25) is 0 Å². The van der Waals surface area contributed by atoms with Crippen molar-refractivity contribution < 1.29 is 23.1 Å². The Bertz CT molecular complexity index is 498. The van der Waals surface area contributed by atoms with Crippen LogP contribution in [0.5, 0.6) is 0 Å². The lowest BCUT2D eigenvalue weighted by atomic mass is 10.0. The number of halogens is 3. The summed E-state index contributed by atoms with van der Waals surface area (Å²) in [6, 6.07) is 2.73. The van der Waals surface area contributed by atoms with E-state index in [1.165, 1.54) is 6.07 Å². The molecule has 1 unspecified atom stereocenters. The molecule has 0 fully saturated rings. The quantitative estimate of drug-likeness (QED) is 0.805. The first kappa shape index (κ1) is 17.3. The molecule has 21 heavy (non-hydrogen) atoms. The van der Waals surface area contributed by atoms with Gasteiger partial charge in [-0.05, 0) is 43.9 Å². The molecule has 6 heteroatoms. The van der Waals surface area contributed by atoms with Gasteiger partial charge in [0.15, 0.2) is 0 Å². The summed E-state index contributed by atoms with van der Waals surface area (Å²) in [5.41, 5.74) is -1.10. The van der Waals surface area contributed by atoms with Gasteiger partial charge in [0.25, 0.3) is 0 Å². The van der Waals surface area contributed by atoms with E-state index in [1.54, 1.807) is 0 Å². The number of carbonyl (C=O) groups is 1. The number of hydrogen-bond acceptors (Lipinski definition) is 2. The molecule has 0 amide bonds. The van der Waals surface area contributed by atoms with Crippen LogP contribution in [0.15, 0.2) is 18.2 Å². The van der Waals surface area contributed by atoms with Crippen molar-refractivity contribution in [2.24, 2.45) is 5.92 Å². The summed E-state index contributed by atoms with van der Waals surface area (Å²) >= 11 is 0. The van der Waals surface area contributed by atoms with Crippen molar-refractivity contribution in [3.05, 3.63) is 29.3 Å². The standard InChI is InChI=1S/C15H20F3NO2/c1-9(2)4-5-10(3)19-13-7-6-11(15(16,17)18)8-12(13)14(20)21/h6-10,19H,4-5H2,1-3H3,(H,20,21). The normalized spacial score (nSPS) is 13.3. The fourth-order valence-corrected chi connectivity index (χ4v) is 1.94. The fourth-order valence-electron chi connectivity index (χ4n) is 1.94. The third-order valence-corrected chi connectivity index (χ3v) is 3.16. The topological polar surface area (TPSA) is 49.3 Å². The van der Waals surface area contributed by atoms with Gasteiger partial charge in [0.1, 0.15) is 0 Å². The SMILES string of the molecule is CC(C)CCC(C)Nc1ccc(C(F)(F)F)cc1C(=O)O. The van der Waals surface area contributed by atoms with Crippen molar-refractivity contribution in [2.45, 2.75) is 45.8 Å². The summed E-state index contributed by atoms with van der Waals surface area (Å²) in [6.07, 6.45) is -2.78. The van der Waals surface area contributed by atoms with Gasteiger partial charge < -0.3 is 10.4 Å². The molecular formula is C15H20F3NO2. The minimum absolute atomic E-state index is 0.0118. The first-order valence-electron chi connectivity index (χ1n) is 6.82. The van der Waals surface area contributed by atoms with Crippen molar-refractivity contribution >= 4 is 11.7 Å². The minimum atomic E-state index is -4.55. The Kier molecular flexibility index (Phi) is 5.63. The van der Waals surface area contributed by atoms with Crippen LogP contribution in [-0.2, 0) is 6.18 Å². The molecular weight excluding hydrogens is 283 g/mol. The highest BCUT2D eigenvalue weighted by molar-refractivity contribution is 5.94. The second-order valence-corrected chi connectivity index (χ2v) is 5.58. The predicted octanol–water partition coefficient (Wildman–Crippen LogP) is 4.64. The number of carboxylic acids is 1. The van der Waals surface area contributed by atoms with Gasteiger partial charge >= 0.3 is 12.1 Å². The van der Waals surface area contributed by atoms with Gasteiger partial charge in [-0.3, -0.25) is 0 Å². The van der Waals surface area contributed by atoms with E-state index in [1.807, 2.05) is 6.92 Å².